The highest BCUT2D eigenvalue weighted by atomic mass is 19.1. The lowest BCUT2D eigenvalue weighted by atomic mass is 10.2. The van der Waals surface area contributed by atoms with Crippen LogP contribution in [-0.2, 0) is 6.54 Å². The lowest BCUT2D eigenvalue weighted by Gasteiger charge is -2.10. The summed E-state index contributed by atoms with van der Waals surface area (Å²) < 4.78 is 23.6. The number of methoxy groups -OCH3 is 1. The van der Waals surface area contributed by atoms with E-state index in [1.54, 1.807) is 37.6 Å². The highest BCUT2D eigenvalue weighted by Crippen LogP contribution is 2.16. The van der Waals surface area contributed by atoms with Gasteiger partial charge in [0.05, 0.1) is 13.7 Å². The molecule has 0 aliphatic carbocycles. The Hall–Kier alpha value is -3.61. The van der Waals surface area contributed by atoms with Crippen LogP contribution in [-0.4, -0.2) is 31.2 Å². The van der Waals surface area contributed by atoms with Gasteiger partial charge in [-0.25, -0.2) is 9.37 Å². The van der Waals surface area contributed by atoms with E-state index in [1.165, 1.54) is 12.1 Å². The molecule has 3 rings (SSSR count). The van der Waals surface area contributed by atoms with E-state index in [4.69, 9.17) is 9.47 Å². The fourth-order valence-electron chi connectivity index (χ4n) is 2.57. The van der Waals surface area contributed by atoms with Gasteiger partial charge in [0, 0.05) is 18.3 Å². The van der Waals surface area contributed by atoms with Gasteiger partial charge < -0.3 is 20.1 Å². The topological polar surface area (TPSA) is 72.5 Å². The summed E-state index contributed by atoms with van der Waals surface area (Å²) >= 11 is 0. The third kappa shape index (κ3) is 6.21. The van der Waals surface area contributed by atoms with Gasteiger partial charge >= 0.3 is 0 Å². The van der Waals surface area contributed by atoms with Gasteiger partial charge in [-0.3, -0.25) is 4.79 Å². The molecule has 0 aliphatic rings. The number of nitrogens with one attached hydrogen (secondary N) is 2. The highest BCUT2D eigenvalue weighted by molar-refractivity contribution is 5.94. The SMILES string of the molecule is COc1ccc(OCCNC(=O)c2ccnc(NCc3ccc(F)cc3)c2)cc1. The van der Waals surface area contributed by atoms with E-state index >= 15 is 0 Å². The minimum absolute atomic E-state index is 0.212. The van der Waals surface area contributed by atoms with Crippen molar-refractivity contribution < 1.29 is 18.7 Å². The third-order valence-electron chi connectivity index (χ3n) is 4.12. The Balaban J connectivity index is 1.45. The Labute approximate surface area is 168 Å². The Kier molecular flexibility index (Phi) is 7.00. The average molecular weight is 395 g/mol. The number of nitrogens with zero attached hydrogens (tertiary/aromatic N) is 1. The lowest BCUT2D eigenvalue weighted by Crippen LogP contribution is -2.28. The van der Waals surface area contributed by atoms with Gasteiger partial charge in [-0.1, -0.05) is 12.1 Å². The summed E-state index contributed by atoms with van der Waals surface area (Å²) in [6, 6.07) is 16.8. The van der Waals surface area contributed by atoms with Crippen molar-refractivity contribution >= 4 is 11.7 Å². The summed E-state index contributed by atoms with van der Waals surface area (Å²) in [5.74, 6) is 1.54. The van der Waals surface area contributed by atoms with E-state index in [-0.39, 0.29) is 11.7 Å². The molecule has 0 fully saturated rings. The molecule has 0 aliphatic heterocycles. The first kappa shape index (κ1) is 20.1. The predicted octanol–water partition coefficient (Wildman–Crippen LogP) is 3.65. The zero-order chi connectivity index (χ0) is 20.5. The molecule has 2 N–H and O–H groups in total. The Morgan fingerprint density at radius 3 is 2.48 bits per heavy atom. The van der Waals surface area contributed by atoms with Crippen molar-refractivity contribution in [3.05, 3.63) is 83.8 Å². The van der Waals surface area contributed by atoms with E-state index in [0.29, 0.717) is 36.8 Å². The largest absolute Gasteiger partial charge is 0.497 e. The molecule has 0 atom stereocenters. The number of hydrogen-bond donors (Lipinski definition) is 2. The van der Waals surface area contributed by atoms with Crippen LogP contribution < -0.4 is 20.1 Å². The molecule has 2 aromatic carbocycles. The first-order valence-electron chi connectivity index (χ1n) is 9.13. The molecule has 0 saturated carbocycles. The second-order valence-electron chi connectivity index (χ2n) is 6.19. The Bertz CT molecular complexity index is 931. The van der Waals surface area contributed by atoms with Crippen LogP contribution in [0.25, 0.3) is 0 Å². The first-order valence-corrected chi connectivity index (χ1v) is 9.13. The van der Waals surface area contributed by atoms with Crippen LogP contribution in [0.15, 0.2) is 66.9 Å². The molecule has 0 unspecified atom stereocenters. The maximum Gasteiger partial charge on any atom is 0.251 e. The molecule has 0 radical (unpaired) electrons. The van der Waals surface area contributed by atoms with Gasteiger partial charge in [0.15, 0.2) is 0 Å². The third-order valence-corrected chi connectivity index (χ3v) is 4.12. The predicted molar refractivity (Wildman–Crippen MR) is 109 cm³/mol. The number of pyridine rings is 1. The molecule has 0 bridgehead atoms. The molecule has 0 spiro atoms. The summed E-state index contributed by atoms with van der Waals surface area (Å²) in [6.45, 7) is 1.19. The minimum atomic E-state index is -0.276. The second-order valence-corrected chi connectivity index (χ2v) is 6.19. The summed E-state index contributed by atoms with van der Waals surface area (Å²) in [5.41, 5.74) is 1.41. The molecule has 1 heterocycles. The molecular weight excluding hydrogens is 373 g/mol. The number of halogens is 1. The molecule has 150 valence electrons. The number of benzene rings is 2. The zero-order valence-corrected chi connectivity index (χ0v) is 16.0. The molecule has 1 aromatic heterocycles. The standard InChI is InChI=1S/C22H22FN3O3/c1-28-19-6-8-20(9-7-19)29-13-12-25-22(27)17-10-11-24-21(14-17)26-15-16-2-4-18(23)5-3-16/h2-11,14H,12-13,15H2,1H3,(H,24,26)(H,25,27). The maximum atomic E-state index is 13.0. The number of carbonyl (C=O) groups excluding carboxylic acids is 1. The van der Waals surface area contributed by atoms with Crippen LogP contribution in [0.1, 0.15) is 15.9 Å². The van der Waals surface area contributed by atoms with Gasteiger partial charge in [0.25, 0.3) is 5.91 Å². The quantitative estimate of drug-likeness (QED) is 0.541. The number of amides is 1. The van der Waals surface area contributed by atoms with Gasteiger partial charge in [0.1, 0.15) is 29.7 Å². The number of rotatable bonds is 9. The smallest absolute Gasteiger partial charge is 0.251 e. The summed E-state index contributed by atoms with van der Waals surface area (Å²) in [4.78, 5) is 16.5. The van der Waals surface area contributed by atoms with Gasteiger partial charge in [-0.2, -0.15) is 0 Å². The van der Waals surface area contributed by atoms with Crippen molar-refractivity contribution in [2.75, 3.05) is 25.6 Å². The molecular formula is C22H22FN3O3. The molecule has 6 nitrogen and oxygen atoms in total. The Morgan fingerprint density at radius 2 is 1.76 bits per heavy atom. The van der Waals surface area contributed by atoms with Crippen molar-refractivity contribution in [3.8, 4) is 11.5 Å². The van der Waals surface area contributed by atoms with Crippen LogP contribution in [0.3, 0.4) is 0 Å². The monoisotopic (exact) mass is 395 g/mol. The van der Waals surface area contributed by atoms with Crippen molar-refractivity contribution in [1.82, 2.24) is 10.3 Å². The van der Waals surface area contributed by atoms with Crippen LogP contribution in [0.5, 0.6) is 11.5 Å². The van der Waals surface area contributed by atoms with Crippen molar-refractivity contribution in [1.29, 1.82) is 0 Å². The number of ether oxygens (including phenoxy) is 2. The fourth-order valence-corrected chi connectivity index (χ4v) is 2.57. The van der Waals surface area contributed by atoms with Crippen molar-refractivity contribution in [3.63, 3.8) is 0 Å². The lowest BCUT2D eigenvalue weighted by molar-refractivity contribution is 0.0947. The normalized spacial score (nSPS) is 10.3. The van der Waals surface area contributed by atoms with Crippen LogP contribution in [0.4, 0.5) is 10.2 Å². The average Bonchev–Trinajstić information content (AvgIpc) is 2.77. The van der Waals surface area contributed by atoms with Crippen molar-refractivity contribution in [2.24, 2.45) is 0 Å². The highest BCUT2D eigenvalue weighted by Gasteiger charge is 2.07. The van der Waals surface area contributed by atoms with Crippen LogP contribution >= 0.6 is 0 Å². The Morgan fingerprint density at radius 1 is 1.03 bits per heavy atom. The summed E-state index contributed by atoms with van der Waals surface area (Å²) in [5, 5.41) is 5.94. The molecule has 29 heavy (non-hydrogen) atoms. The maximum absolute atomic E-state index is 13.0. The van der Waals surface area contributed by atoms with Gasteiger partial charge in [-0.15, -0.1) is 0 Å². The van der Waals surface area contributed by atoms with E-state index < -0.39 is 0 Å². The zero-order valence-electron chi connectivity index (χ0n) is 16.0. The number of anilines is 1. The molecule has 7 heteroatoms. The fraction of sp³-hybridized carbons (Fsp3) is 0.182. The van der Waals surface area contributed by atoms with Gasteiger partial charge in [-0.05, 0) is 54.1 Å². The number of aromatic nitrogens is 1. The summed E-state index contributed by atoms with van der Waals surface area (Å²) in [6.07, 6.45) is 1.57. The summed E-state index contributed by atoms with van der Waals surface area (Å²) in [7, 11) is 1.61. The first-order chi connectivity index (χ1) is 14.1. The minimum Gasteiger partial charge on any atom is -0.497 e. The van der Waals surface area contributed by atoms with E-state index in [1.807, 2.05) is 24.3 Å². The number of carbonyl (C=O) groups is 1. The molecule has 0 saturated heterocycles. The molecule has 1 amide bonds. The van der Waals surface area contributed by atoms with Crippen molar-refractivity contribution in [2.45, 2.75) is 6.54 Å². The van der Waals surface area contributed by atoms with Crippen LogP contribution in [0.2, 0.25) is 0 Å². The van der Waals surface area contributed by atoms with Crippen LogP contribution in [0, 0.1) is 5.82 Å². The van der Waals surface area contributed by atoms with E-state index in [0.717, 1.165) is 11.3 Å². The second kappa shape index (κ2) is 10.1. The van der Waals surface area contributed by atoms with E-state index in [9.17, 15) is 9.18 Å². The van der Waals surface area contributed by atoms with Gasteiger partial charge in [0.2, 0.25) is 0 Å². The molecule has 3 aromatic rings. The van der Waals surface area contributed by atoms with E-state index in [2.05, 4.69) is 15.6 Å². The number of hydrogen-bond acceptors (Lipinski definition) is 5.